The highest BCUT2D eigenvalue weighted by atomic mass is 16.5. The normalized spacial score (nSPS) is 12.4. The Morgan fingerprint density at radius 3 is 2.78 bits per heavy atom. The third kappa shape index (κ3) is 6.06. The first-order valence-corrected chi connectivity index (χ1v) is 7.21. The van der Waals surface area contributed by atoms with E-state index in [9.17, 15) is 0 Å². The fourth-order valence-electron chi connectivity index (χ4n) is 1.89. The summed E-state index contributed by atoms with van der Waals surface area (Å²) in [5.74, 6) is 1.00. The van der Waals surface area contributed by atoms with E-state index in [4.69, 9.17) is 4.74 Å². The van der Waals surface area contributed by atoms with Crippen LogP contribution < -0.4 is 10.1 Å². The van der Waals surface area contributed by atoms with E-state index in [1.54, 1.807) is 0 Å². The zero-order chi connectivity index (χ0) is 13.2. The molecule has 102 valence electrons. The van der Waals surface area contributed by atoms with Crippen molar-refractivity contribution in [2.75, 3.05) is 13.2 Å². The van der Waals surface area contributed by atoms with Gasteiger partial charge in [0.05, 0.1) is 6.61 Å². The van der Waals surface area contributed by atoms with Gasteiger partial charge in [-0.1, -0.05) is 26.0 Å². The molecule has 0 fully saturated rings. The van der Waals surface area contributed by atoms with Crippen molar-refractivity contribution in [2.24, 2.45) is 0 Å². The molecule has 0 aliphatic carbocycles. The van der Waals surface area contributed by atoms with Gasteiger partial charge in [0.2, 0.25) is 0 Å². The van der Waals surface area contributed by atoms with E-state index in [-0.39, 0.29) is 0 Å². The fourth-order valence-corrected chi connectivity index (χ4v) is 1.89. The molecule has 1 N–H and O–H groups in total. The van der Waals surface area contributed by atoms with Crippen LogP contribution in [0.15, 0.2) is 24.3 Å². The van der Waals surface area contributed by atoms with Gasteiger partial charge in [-0.25, -0.2) is 0 Å². The van der Waals surface area contributed by atoms with Crippen molar-refractivity contribution in [3.63, 3.8) is 0 Å². The van der Waals surface area contributed by atoms with Crippen LogP contribution >= 0.6 is 0 Å². The van der Waals surface area contributed by atoms with Crippen LogP contribution in [0.2, 0.25) is 0 Å². The molecule has 0 saturated heterocycles. The first-order chi connectivity index (χ1) is 8.76. The standard InChI is InChI=1S/C16H27NO/c1-4-11-17-14(3)9-10-15-7-6-8-16(13-15)18-12-5-2/h6-8,13-14,17H,4-5,9-12H2,1-3H3. The number of hydrogen-bond donors (Lipinski definition) is 1. The van der Waals surface area contributed by atoms with Gasteiger partial charge in [0, 0.05) is 6.04 Å². The summed E-state index contributed by atoms with van der Waals surface area (Å²) in [6.07, 6.45) is 4.55. The molecule has 0 radical (unpaired) electrons. The fraction of sp³-hybridized carbons (Fsp3) is 0.625. The van der Waals surface area contributed by atoms with Crippen molar-refractivity contribution in [1.29, 1.82) is 0 Å². The lowest BCUT2D eigenvalue weighted by atomic mass is 10.1. The smallest absolute Gasteiger partial charge is 0.119 e. The van der Waals surface area contributed by atoms with Crippen molar-refractivity contribution < 1.29 is 4.74 Å². The lowest BCUT2D eigenvalue weighted by Gasteiger charge is -2.13. The van der Waals surface area contributed by atoms with Gasteiger partial charge < -0.3 is 10.1 Å². The highest BCUT2D eigenvalue weighted by Gasteiger charge is 2.02. The molecule has 2 heteroatoms. The van der Waals surface area contributed by atoms with Crippen LogP contribution in [-0.2, 0) is 6.42 Å². The van der Waals surface area contributed by atoms with Crippen molar-refractivity contribution in [1.82, 2.24) is 5.32 Å². The Morgan fingerprint density at radius 2 is 2.06 bits per heavy atom. The van der Waals surface area contributed by atoms with Gasteiger partial charge >= 0.3 is 0 Å². The molecule has 0 spiro atoms. The molecule has 1 rings (SSSR count). The lowest BCUT2D eigenvalue weighted by molar-refractivity contribution is 0.317. The molecule has 0 heterocycles. The zero-order valence-corrected chi connectivity index (χ0v) is 12.0. The number of nitrogens with one attached hydrogen (secondary N) is 1. The predicted molar refractivity (Wildman–Crippen MR) is 78.3 cm³/mol. The minimum Gasteiger partial charge on any atom is -0.494 e. The molecule has 0 aliphatic rings. The number of rotatable bonds is 9. The lowest BCUT2D eigenvalue weighted by Crippen LogP contribution is -2.27. The van der Waals surface area contributed by atoms with E-state index >= 15 is 0 Å². The Balaban J connectivity index is 2.37. The van der Waals surface area contributed by atoms with Crippen LogP contribution in [0.25, 0.3) is 0 Å². The second-order valence-corrected chi connectivity index (χ2v) is 4.89. The summed E-state index contributed by atoms with van der Waals surface area (Å²) in [6, 6.07) is 9.07. The topological polar surface area (TPSA) is 21.3 Å². The molecule has 0 aromatic heterocycles. The average Bonchev–Trinajstić information content (AvgIpc) is 2.41. The van der Waals surface area contributed by atoms with E-state index in [2.05, 4.69) is 44.3 Å². The van der Waals surface area contributed by atoms with Crippen molar-refractivity contribution in [3.05, 3.63) is 29.8 Å². The van der Waals surface area contributed by atoms with Crippen LogP contribution in [-0.4, -0.2) is 19.2 Å². The summed E-state index contributed by atoms with van der Waals surface area (Å²) in [4.78, 5) is 0. The number of hydrogen-bond acceptors (Lipinski definition) is 2. The van der Waals surface area contributed by atoms with Crippen LogP contribution in [0.1, 0.15) is 45.6 Å². The molecular weight excluding hydrogens is 222 g/mol. The van der Waals surface area contributed by atoms with E-state index in [0.29, 0.717) is 6.04 Å². The average molecular weight is 249 g/mol. The Labute approximate surface area is 112 Å². The van der Waals surface area contributed by atoms with E-state index in [1.165, 1.54) is 18.4 Å². The molecule has 1 atom stereocenters. The summed E-state index contributed by atoms with van der Waals surface area (Å²) >= 11 is 0. The Kier molecular flexibility index (Phi) is 7.51. The van der Waals surface area contributed by atoms with Crippen LogP contribution in [0.5, 0.6) is 5.75 Å². The molecular formula is C16H27NO. The summed E-state index contributed by atoms with van der Waals surface area (Å²) in [5.41, 5.74) is 1.37. The Bertz CT molecular complexity index is 325. The minimum absolute atomic E-state index is 0.588. The number of benzene rings is 1. The molecule has 18 heavy (non-hydrogen) atoms. The monoisotopic (exact) mass is 249 g/mol. The molecule has 1 aromatic rings. The van der Waals surface area contributed by atoms with Gasteiger partial charge in [0.1, 0.15) is 5.75 Å². The van der Waals surface area contributed by atoms with Crippen LogP contribution in [0.4, 0.5) is 0 Å². The maximum absolute atomic E-state index is 5.65. The maximum Gasteiger partial charge on any atom is 0.119 e. The summed E-state index contributed by atoms with van der Waals surface area (Å²) < 4.78 is 5.65. The highest BCUT2D eigenvalue weighted by Crippen LogP contribution is 2.15. The largest absolute Gasteiger partial charge is 0.494 e. The molecule has 0 bridgehead atoms. The minimum atomic E-state index is 0.588. The molecule has 1 aromatic carbocycles. The highest BCUT2D eigenvalue weighted by molar-refractivity contribution is 5.28. The second kappa shape index (κ2) is 8.98. The SMILES string of the molecule is CCCNC(C)CCc1cccc(OCCC)c1. The first-order valence-electron chi connectivity index (χ1n) is 7.21. The van der Waals surface area contributed by atoms with Gasteiger partial charge in [-0.15, -0.1) is 0 Å². The first kappa shape index (κ1) is 15.0. The van der Waals surface area contributed by atoms with Gasteiger partial charge in [-0.05, 0) is 56.8 Å². The summed E-state index contributed by atoms with van der Waals surface area (Å²) in [6.45, 7) is 8.50. The summed E-state index contributed by atoms with van der Waals surface area (Å²) in [7, 11) is 0. The van der Waals surface area contributed by atoms with Crippen LogP contribution in [0.3, 0.4) is 0 Å². The quantitative estimate of drug-likeness (QED) is 0.719. The molecule has 1 unspecified atom stereocenters. The summed E-state index contributed by atoms with van der Waals surface area (Å²) in [5, 5.41) is 3.52. The molecule has 0 amide bonds. The van der Waals surface area contributed by atoms with Crippen molar-refractivity contribution >= 4 is 0 Å². The maximum atomic E-state index is 5.65. The molecule has 0 aliphatic heterocycles. The molecule has 2 nitrogen and oxygen atoms in total. The third-order valence-corrected chi connectivity index (χ3v) is 2.98. The zero-order valence-electron chi connectivity index (χ0n) is 12.0. The number of aryl methyl sites for hydroxylation is 1. The van der Waals surface area contributed by atoms with Gasteiger partial charge in [-0.2, -0.15) is 0 Å². The van der Waals surface area contributed by atoms with Gasteiger partial charge in [0.15, 0.2) is 0 Å². The Hall–Kier alpha value is -1.02. The second-order valence-electron chi connectivity index (χ2n) is 4.89. The third-order valence-electron chi connectivity index (χ3n) is 2.98. The van der Waals surface area contributed by atoms with Crippen LogP contribution in [0, 0.1) is 0 Å². The van der Waals surface area contributed by atoms with Gasteiger partial charge in [-0.3, -0.25) is 0 Å². The van der Waals surface area contributed by atoms with E-state index < -0.39 is 0 Å². The molecule has 0 saturated carbocycles. The van der Waals surface area contributed by atoms with Crippen molar-refractivity contribution in [2.45, 2.75) is 52.5 Å². The number of ether oxygens (including phenoxy) is 1. The van der Waals surface area contributed by atoms with Gasteiger partial charge in [0.25, 0.3) is 0 Å². The van der Waals surface area contributed by atoms with Crippen molar-refractivity contribution in [3.8, 4) is 5.75 Å². The van der Waals surface area contributed by atoms with E-state index in [1.807, 2.05) is 6.07 Å². The van der Waals surface area contributed by atoms with E-state index in [0.717, 1.165) is 31.7 Å². The predicted octanol–water partition coefficient (Wildman–Crippen LogP) is 3.80. The Morgan fingerprint density at radius 1 is 1.22 bits per heavy atom.